The molecule has 1 saturated carbocycles. The van der Waals surface area contributed by atoms with E-state index in [2.05, 4.69) is 0 Å². The number of nitrogens with two attached hydrogens (primary N) is 1. The van der Waals surface area contributed by atoms with Crippen LogP contribution < -0.4 is 5.73 Å². The summed E-state index contributed by atoms with van der Waals surface area (Å²) in [4.78, 5) is 13.6. The average molecular weight is 351 g/mol. The van der Waals surface area contributed by atoms with Gasteiger partial charge in [0.25, 0.3) is 0 Å². The lowest BCUT2D eigenvalue weighted by atomic mass is 9.99. The second kappa shape index (κ2) is 8.02. The predicted molar refractivity (Wildman–Crippen MR) is 85.1 cm³/mol. The van der Waals surface area contributed by atoms with Crippen LogP contribution in [0.4, 0.5) is 13.2 Å². The third kappa shape index (κ3) is 5.11. The molecule has 1 aliphatic rings. The van der Waals surface area contributed by atoms with Gasteiger partial charge in [-0.05, 0) is 30.4 Å². The molecule has 23 heavy (non-hydrogen) atoms. The third-order valence-corrected chi connectivity index (χ3v) is 4.31. The van der Waals surface area contributed by atoms with Crippen LogP contribution >= 0.6 is 12.4 Å². The Morgan fingerprint density at radius 2 is 1.96 bits per heavy atom. The first kappa shape index (κ1) is 19.8. The molecule has 3 nitrogen and oxygen atoms in total. The lowest BCUT2D eigenvalue weighted by molar-refractivity contribution is -0.139. The topological polar surface area (TPSA) is 46.3 Å². The van der Waals surface area contributed by atoms with Crippen molar-refractivity contribution in [3.63, 3.8) is 0 Å². The molecule has 0 aliphatic heterocycles. The summed E-state index contributed by atoms with van der Waals surface area (Å²) in [6, 6.07) is 5.38. The molecule has 7 heteroatoms. The summed E-state index contributed by atoms with van der Waals surface area (Å²) in [5, 5.41) is 0. The van der Waals surface area contributed by atoms with Crippen molar-refractivity contribution in [2.75, 3.05) is 7.05 Å². The second-order valence-corrected chi connectivity index (χ2v) is 5.96. The first-order valence-corrected chi connectivity index (χ1v) is 7.43. The van der Waals surface area contributed by atoms with Crippen molar-refractivity contribution in [2.45, 2.75) is 44.4 Å². The molecule has 0 saturated heterocycles. The normalized spacial score (nSPS) is 20.9. The number of rotatable bonds is 4. The van der Waals surface area contributed by atoms with E-state index in [0.717, 1.165) is 25.3 Å². The van der Waals surface area contributed by atoms with Gasteiger partial charge in [0.1, 0.15) is 0 Å². The fraction of sp³-hybridized carbons (Fsp3) is 0.562. The van der Waals surface area contributed by atoms with Gasteiger partial charge in [0, 0.05) is 26.1 Å². The van der Waals surface area contributed by atoms with E-state index in [-0.39, 0.29) is 42.4 Å². The van der Waals surface area contributed by atoms with Crippen LogP contribution in [0.1, 0.15) is 36.8 Å². The van der Waals surface area contributed by atoms with Gasteiger partial charge in [0.2, 0.25) is 5.91 Å². The Bertz CT molecular complexity index is 536. The second-order valence-electron chi connectivity index (χ2n) is 5.96. The van der Waals surface area contributed by atoms with E-state index in [4.69, 9.17) is 5.73 Å². The SMILES string of the molecule is CN(Cc1ccccc1C(F)(F)F)C(=O)C[C@@H]1CCC[C@H]1N.Cl. The van der Waals surface area contributed by atoms with Crippen LogP contribution in [0.5, 0.6) is 0 Å². The fourth-order valence-corrected chi connectivity index (χ4v) is 2.98. The first-order chi connectivity index (χ1) is 10.3. The van der Waals surface area contributed by atoms with Crippen molar-refractivity contribution in [2.24, 2.45) is 11.7 Å². The minimum Gasteiger partial charge on any atom is -0.341 e. The van der Waals surface area contributed by atoms with E-state index >= 15 is 0 Å². The van der Waals surface area contributed by atoms with Gasteiger partial charge in [-0.1, -0.05) is 24.6 Å². The van der Waals surface area contributed by atoms with Crippen molar-refractivity contribution >= 4 is 18.3 Å². The lowest BCUT2D eigenvalue weighted by Gasteiger charge is -2.23. The molecule has 1 amide bonds. The van der Waals surface area contributed by atoms with Crippen LogP contribution in [-0.2, 0) is 17.5 Å². The van der Waals surface area contributed by atoms with Crippen LogP contribution in [0, 0.1) is 5.92 Å². The highest BCUT2D eigenvalue weighted by atomic mass is 35.5. The Hall–Kier alpha value is -1.27. The van der Waals surface area contributed by atoms with Gasteiger partial charge in [-0.2, -0.15) is 13.2 Å². The number of hydrogen-bond acceptors (Lipinski definition) is 2. The van der Waals surface area contributed by atoms with Crippen LogP contribution in [0.2, 0.25) is 0 Å². The summed E-state index contributed by atoms with van der Waals surface area (Å²) in [5.41, 5.74) is 5.37. The Morgan fingerprint density at radius 3 is 2.52 bits per heavy atom. The number of amides is 1. The Balaban J connectivity index is 0.00000264. The molecule has 2 atom stereocenters. The van der Waals surface area contributed by atoms with Gasteiger partial charge in [-0.15, -0.1) is 12.4 Å². The van der Waals surface area contributed by atoms with Crippen LogP contribution in [0.3, 0.4) is 0 Å². The van der Waals surface area contributed by atoms with E-state index in [1.165, 1.54) is 24.1 Å². The quantitative estimate of drug-likeness (QED) is 0.901. The molecule has 1 aliphatic carbocycles. The van der Waals surface area contributed by atoms with Crippen molar-refractivity contribution in [1.82, 2.24) is 4.90 Å². The number of hydrogen-bond donors (Lipinski definition) is 1. The van der Waals surface area contributed by atoms with Gasteiger partial charge in [-0.3, -0.25) is 4.79 Å². The molecule has 0 bridgehead atoms. The van der Waals surface area contributed by atoms with Crippen LogP contribution in [-0.4, -0.2) is 23.9 Å². The van der Waals surface area contributed by atoms with E-state index in [0.29, 0.717) is 6.42 Å². The maximum Gasteiger partial charge on any atom is 0.416 e. The van der Waals surface area contributed by atoms with Gasteiger partial charge in [0.15, 0.2) is 0 Å². The third-order valence-electron chi connectivity index (χ3n) is 4.31. The number of alkyl halides is 3. The van der Waals surface area contributed by atoms with E-state index in [1.807, 2.05) is 0 Å². The molecule has 130 valence electrons. The molecule has 1 aromatic rings. The summed E-state index contributed by atoms with van der Waals surface area (Å²) < 4.78 is 38.9. The Kier molecular flexibility index (Phi) is 6.89. The van der Waals surface area contributed by atoms with Crippen molar-refractivity contribution in [3.05, 3.63) is 35.4 Å². The molecule has 1 fully saturated rings. The molecular weight excluding hydrogens is 329 g/mol. The van der Waals surface area contributed by atoms with E-state index in [9.17, 15) is 18.0 Å². The molecule has 2 N–H and O–H groups in total. The van der Waals surface area contributed by atoms with Crippen molar-refractivity contribution < 1.29 is 18.0 Å². The predicted octanol–water partition coefficient (Wildman–Crippen LogP) is 3.60. The first-order valence-electron chi connectivity index (χ1n) is 7.43. The zero-order chi connectivity index (χ0) is 16.3. The van der Waals surface area contributed by atoms with Gasteiger partial charge < -0.3 is 10.6 Å². The minimum absolute atomic E-state index is 0. The number of carbonyl (C=O) groups excluding carboxylic acids is 1. The largest absolute Gasteiger partial charge is 0.416 e. The van der Waals surface area contributed by atoms with Crippen molar-refractivity contribution in [3.8, 4) is 0 Å². The van der Waals surface area contributed by atoms with Gasteiger partial charge in [-0.25, -0.2) is 0 Å². The summed E-state index contributed by atoms with van der Waals surface area (Å²) >= 11 is 0. The molecular formula is C16H22ClF3N2O. The highest BCUT2D eigenvalue weighted by molar-refractivity contribution is 5.85. The number of halogens is 4. The van der Waals surface area contributed by atoms with Gasteiger partial charge in [0.05, 0.1) is 5.56 Å². The van der Waals surface area contributed by atoms with E-state index in [1.54, 1.807) is 6.07 Å². The average Bonchev–Trinajstić information content (AvgIpc) is 2.83. The number of nitrogens with zero attached hydrogens (tertiary/aromatic N) is 1. The Morgan fingerprint density at radius 1 is 1.30 bits per heavy atom. The maximum atomic E-state index is 13.0. The maximum absolute atomic E-state index is 13.0. The van der Waals surface area contributed by atoms with Crippen LogP contribution in [0.15, 0.2) is 24.3 Å². The van der Waals surface area contributed by atoms with Crippen LogP contribution in [0.25, 0.3) is 0 Å². The molecule has 0 spiro atoms. The standard InChI is InChI=1S/C16H21F3N2O.ClH/c1-21(15(22)9-11-6-4-8-14(11)20)10-12-5-2-3-7-13(12)16(17,18)19;/h2-3,5,7,11,14H,4,6,8-10,20H2,1H3;1H/t11-,14+;/m0./s1. The smallest absolute Gasteiger partial charge is 0.341 e. The lowest BCUT2D eigenvalue weighted by Crippen LogP contribution is -2.33. The van der Waals surface area contributed by atoms with Gasteiger partial charge >= 0.3 is 6.18 Å². The zero-order valence-electron chi connectivity index (χ0n) is 13.0. The monoisotopic (exact) mass is 350 g/mol. The molecule has 0 aromatic heterocycles. The summed E-state index contributed by atoms with van der Waals surface area (Å²) in [5.74, 6) is -0.00728. The van der Waals surface area contributed by atoms with Crippen molar-refractivity contribution in [1.29, 1.82) is 0 Å². The fourth-order valence-electron chi connectivity index (χ4n) is 2.98. The minimum atomic E-state index is -4.41. The summed E-state index contributed by atoms with van der Waals surface area (Å²) in [6.07, 6.45) is -1.25. The molecule has 1 aromatic carbocycles. The number of carbonyl (C=O) groups is 1. The van der Waals surface area contributed by atoms with E-state index < -0.39 is 11.7 Å². The summed E-state index contributed by atoms with van der Waals surface area (Å²) in [6.45, 7) is -0.0452. The molecule has 0 heterocycles. The highest BCUT2D eigenvalue weighted by Crippen LogP contribution is 2.32. The summed E-state index contributed by atoms with van der Waals surface area (Å²) in [7, 11) is 1.54. The molecule has 0 unspecified atom stereocenters. The molecule has 2 rings (SSSR count). The number of benzene rings is 1. The zero-order valence-corrected chi connectivity index (χ0v) is 13.8. The Labute approximate surface area is 140 Å². The highest BCUT2D eigenvalue weighted by Gasteiger charge is 2.33. The molecule has 0 radical (unpaired) electrons.